The van der Waals surface area contributed by atoms with Crippen molar-refractivity contribution < 1.29 is 19.1 Å². The smallest absolute Gasteiger partial charge is 0.407 e. The molecule has 7 nitrogen and oxygen atoms in total. The van der Waals surface area contributed by atoms with Gasteiger partial charge in [0.25, 0.3) is 0 Å². The third-order valence-corrected chi connectivity index (χ3v) is 4.14. The van der Waals surface area contributed by atoms with E-state index in [1.54, 1.807) is 45.0 Å². The molecule has 1 saturated heterocycles. The molecule has 1 heterocycles. The molecule has 2 rings (SSSR count). The zero-order chi connectivity index (χ0) is 19.3. The number of nitrogens with two attached hydrogens (primary N) is 1. The van der Waals surface area contributed by atoms with Gasteiger partial charge >= 0.3 is 6.09 Å². The zero-order valence-corrected chi connectivity index (χ0v) is 15.5. The molecule has 0 radical (unpaired) electrons. The molecular weight excluding hydrogens is 334 g/mol. The Bertz CT molecular complexity index is 664. The summed E-state index contributed by atoms with van der Waals surface area (Å²) < 4.78 is 5.18. The third-order valence-electron chi connectivity index (χ3n) is 4.14. The molecule has 0 spiro atoms. The predicted octanol–water partition coefficient (Wildman–Crippen LogP) is 1.75. The van der Waals surface area contributed by atoms with Gasteiger partial charge in [0.15, 0.2) is 5.78 Å². The summed E-state index contributed by atoms with van der Waals surface area (Å²) in [4.78, 5) is 36.2. The van der Waals surface area contributed by atoms with Gasteiger partial charge in [-0.3, -0.25) is 9.59 Å². The summed E-state index contributed by atoms with van der Waals surface area (Å²) in [6, 6.07) is 6.12. The minimum absolute atomic E-state index is 0.124. The van der Waals surface area contributed by atoms with Crippen LogP contribution in [-0.2, 0) is 16.1 Å². The normalized spacial score (nSPS) is 20.7. The zero-order valence-electron chi connectivity index (χ0n) is 15.5. The van der Waals surface area contributed by atoms with Crippen LogP contribution in [0.25, 0.3) is 0 Å². The number of carbonyl (C=O) groups is 3. The number of ketones is 1. The first-order valence-corrected chi connectivity index (χ1v) is 8.80. The van der Waals surface area contributed by atoms with Crippen LogP contribution in [0.2, 0.25) is 0 Å². The fraction of sp³-hybridized carbons (Fsp3) is 0.526. The topological polar surface area (TPSA) is 111 Å². The van der Waals surface area contributed by atoms with Gasteiger partial charge < -0.3 is 21.1 Å². The summed E-state index contributed by atoms with van der Waals surface area (Å²) in [5, 5.41) is 5.38. The van der Waals surface area contributed by atoms with Crippen LogP contribution in [0.1, 0.15) is 49.5 Å². The Morgan fingerprint density at radius 3 is 2.54 bits per heavy atom. The highest BCUT2D eigenvalue weighted by molar-refractivity contribution is 6.01. The molecule has 1 aromatic rings. The standard InChI is InChI=1S/C19H27N3O4/c1-19(2,3)26-18(25)22-11-12-6-8-13(9-7-12)16(23)14-5-4-10-21-17(24)15(14)20/h6-9,14-15H,4-5,10-11,20H2,1-3H3,(H,21,24)(H,22,25). The number of alkyl carbamates (subject to hydrolysis) is 1. The maximum Gasteiger partial charge on any atom is 0.407 e. The van der Waals surface area contributed by atoms with Crippen molar-refractivity contribution in [3.63, 3.8) is 0 Å². The van der Waals surface area contributed by atoms with Gasteiger partial charge in [0.2, 0.25) is 5.91 Å². The Kier molecular flexibility index (Phi) is 6.37. The lowest BCUT2D eigenvalue weighted by molar-refractivity contribution is -0.122. The molecule has 1 aliphatic heterocycles. The number of hydrogen-bond acceptors (Lipinski definition) is 5. The van der Waals surface area contributed by atoms with Crippen LogP contribution in [0.15, 0.2) is 24.3 Å². The lowest BCUT2D eigenvalue weighted by atomic mass is 9.87. The third kappa shape index (κ3) is 5.56. The molecule has 4 N–H and O–H groups in total. The van der Waals surface area contributed by atoms with E-state index in [4.69, 9.17) is 10.5 Å². The molecular formula is C19H27N3O4. The number of ether oxygens (including phenoxy) is 1. The monoisotopic (exact) mass is 361 g/mol. The van der Waals surface area contributed by atoms with Crippen LogP contribution < -0.4 is 16.4 Å². The van der Waals surface area contributed by atoms with E-state index in [2.05, 4.69) is 10.6 Å². The first kappa shape index (κ1) is 19.9. The first-order chi connectivity index (χ1) is 12.2. The molecule has 0 aromatic heterocycles. The molecule has 1 fully saturated rings. The Morgan fingerprint density at radius 1 is 1.27 bits per heavy atom. The van der Waals surface area contributed by atoms with Crippen LogP contribution in [-0.4, -0.2) is 36.0 Å². The minimum atomic E-state index is -0.821. The van der Waals surface area contributed by atoms with Crippen molar-refractivity contribution in [1.29, 1.82) is 0 Å². The Hall–Kier alpha value is -2.41. The molecule has 7 heteroatoms. The highest BCUT2D eigenvalue weighted by Gasteiger charge is 2.32. The predicted molar refractivity (Wildman–Crippen MR) is 97.6 cm³/mol. The summed E-state index contributed by atoms with van der Waals surface area (Å²) in [7, 11) is 0. The minimum Gasteiger partial charge on any atom is -0.444 e. The molecule has 142 valence electrons. The summed E-state index contributed by atoms with van der Waals surface area (Å²) >= 11 is 0. The van der Waals surface area contributed by atoms with E-state index in [1.165, 1.54) is 0 Å². The SMILES string of the molecule is CC(C)(C)OC(=O)NCc1ccc(C(=O)C2CCCNC(=O)C2N)cc1. The number of hydrogen-bond donors (Lipinski definition) is 3. The van der Waals surface area contributed by atoms with Gasteiger partial charge in [-0.2, -0.15) is 0 Å². The average molecular weight is 361 g/mol. The summed E-state index contributed by atoms with van der Waals surface area (Å²) in [5.41, 5.74) is 6.73. The second-order valence-corrected chi connectivity index (χ2v) is 7.48. The van der Waals surface area contributed by atoms with E-state index in [1.807, 2.05) is 0 Å². The number of nitrogens with one attached hydrogen (secondary N) is 2. The number of Topliss-reactive ketones (excluding diaryl/α,β-unsaturated/α-hetero) is 1. The van der Waals surface area contributed by atoms with Gasteiger partial charge in [0.05, 0.1) is 6.04 Å². The highest BCUT2D eigenvalue weighted by atomic mass is 16.6. The molecule has 0 bridgehead atoms. The van der Waals surface area contributed by atoms with Crippen molar-refractivity contribution in [2.24, 2.45) is 11.7 Å². The number of benzene rings is 1. The van der Waals surface area contributed by atoms with Gasteiger partial charge in [0.1, 0.15) is 5.60 Å². The van der Waals surface area contributed by atoms with Gasteiger partial charge in [-0.25, -0.2) is 4.79 Å². The summed E-state index contributed by atoms with van der Waals surface area (Å²) in [6.07, 6.45) is 0.821. The molecule has 2 unspecified atom stereocenters. The van der Waals surface area contributed by atoms with Crippen molar-refractivity contribution in [3.05, 3.63) is 35.4 Å². The lowest BCUT2D eigenvalue weighted by Crippen LogP contribution is -2.45. The number of carbonyl (C=O) groups excluding carboxylic acids is 3. The van der Waals surface area contributed by atoms with Crippen LogP contribution >= 0.6 is 0 Å². The number of amides is 2. The fourth-order valence-electron chi connectivity index (χ4n) is 2.80. The van der Waals surface area contributed by atoms with Crippen molar-refractivity contribution in [1.82, 2.24) is 10.6 Å². The van der Waals surface area contributed by atoms with Crippen molar-refractivity contribution in [2.75, 3.05) is 6.54 Å². The second-order valence-electron chi connectivity index (χ2n) is 7.48. The van der Waals surface area contributed by atoms with Gasteiger partial charge in [-0.15, -0.1) is 0 Å². The fourth-order valence-corrected chi connectivity index (χ4v) is 2.80. The quantitative estimate of drug-likeness (QED) is 0.708. The Balaban J connectivity index is 1.97. The van der Waals surface area contributed by atoms with E-state index in [0.29, 0.717) is 25.1 Å². The highest BCUT2D eigenvalue weighted by Crippen LogP contribution is 2.20. The van der Waals surface area contributed by atoms with Gasteiger partial charge in [0, 0.05) is 24.6 Å². The van der Waals surface area contributed by atoms with E-state index in [-0.39, 0.29) is 11.7 Å². The van der Waals surface area contributed by atoms with Crippen LogP contribution in [0, 0.1) is 5.92 Å². The second kappa shape index (κ2) is 8.31. The first-order valence-electron chi connectivity index (χ1n) is 8.80. The molecule has 26 heavy (non-hydrogen) atoms. The van der Waals surface area contributed by atoms with E-state index in [9.17, 15) is 14.4 Å². The van der Waals surface area contributed by atoms with E-state index >= 15 is 0 Å². The molecule has 2 atom stereocenters. The maximum atomic E-state index is 12.7. The Labute approximate surface area is 153 Å². The average Bonchev–Trinajstić information content (AvgIpc) is 2.73. The Morgan fingerprint density at radius 2 is 1.92 bits per heavy atom. The largest absolute Gasteiger partial charge is 0.444 e. The van der Waals surface area contributed by atoms with Crippen LogP contribution in [0.3, 0.4) is 0 Å². The van der Waals surface area contributed by atoms with Gasteiger partial charge in [-0.1, -0.05) is 24.3 Å². The molecule has 2 amide bonds. The van der Waals surface area contributed by atoms with Crippen LogP contribution in [0.4, 0.5) is 4.79 Å². The summed E-state index contributed by atoms with van der Waals surface area (Å²) in [5.74, 6) is -0.913. The van der Waals surface area contributed by atoms with Crippen LogP contribution in [0.5, 0.6) is 0 Å². The van der Waals surface area contributed by atoms with E-state index < -0.39 is 23.7 Å². The molecule has 1 aliphatic rings. The number of rotatable bonds is 4. The molecule has 0 saturated carbocycles. The van der Waals surface area contributed by atoms with E-state index in [0.717, 1.165) is 12.0 Å². The lowest BCUT2D eigenvalue weighted by Gasteiger charge is -2.20. The van der Waals surface area contributed by atoms with Crippen molar-refractivity contribution in [2.45, 2.75) is 51.8 Å². The molecule has 1 aromatic carbocycles. The summed E-state index contributed by atoms with van der Waals surface area (Å²) in [6.45, 7) is 6.24. The van der Waals surface area contributed by atoms with Gasteiger partial charge in [-0.05, 0) is 39.2 Å². The van der Waals surface area contributed by atoms with Crippen molar-refractivity contribution >= 4 is 17.8 Å². The van der Waals surface area contributed by atoms with Crippen molar-refractivity contribution in [3.8, 4) is 0 Å². The maximum absolute atomic E-state index is 12.7. The molecule has 0 aliphatic carbocycles.